The zero-order chi connectivity index (χ0) is 19.5. The van der Waals surface area contributed by atoms with Crippen molar-refractivity contribution < 1.29 is 13.9 Å². The summed E-state index contributed by atoms with van der Waals surface area (Å²) in [4.78, 5) is 1.16. The summed E-state index contributed by atoms with van der Waals surface area (Å²) in [6.07, 6.45) is 10.8. The molecule has 4 rings (SSSR count). The van der Waals surface area contributed by atoms with Crippen LogP contribution in [0, 0.1) is 23.6 Å². The number of rotatable bonds is 6. The summed E-state index contributed by atoms with van der Waals surface area (Å²) < 4.78 is 27.1. The predicted molar refractivity (Wildman–Crippen MR) is 115 cm³/mol. The zero-order valence-electron chi connectivity index (χ0n) is 17.2. The summed E-state index contributed by atoms with van der Waals surface area (Å²) in [5.41, 5.74) is 0. The summed E-state index contributed by atoms with van der Waals surface area (Å²) in [6.45, 7) is 5.54. The summed E-state index contributed by atoms with van der Waals surface area (Å²) in [7, 11) is 0. The van der Waals surface area contributed by atoms with Crippen LogP contribution in [0.1, 0.15) is 76.2 Å². The maximum atomic E-state index is 14.7. The van der Waals surface area contributed by atoms with Gasteiger partial charge in [-0.25, -0.2) is 4.39 Å². The lowest BCUT2D eigenvalue weighted by Gasteiger charge is -2.37. The molecule has 2 atom stereocenters. The van der Waals surface area contributed by atoms with E-state index in [9.17, 15) is 4.39 Å². The third-order valence-electron chi connectivity index (χ3n) is 6.79. The number of thiophene rings is 1. The maximum Gasteiger partial charge on any atom is 0.182 e. The van der Waals surface area contributed by atoms with Crippen LogP contribution in [-0.2, 0) is 4.74 Å². The van der Waals surface area contributed by atoms with Gasteiger partial charge in [-0.15, -0.1) is 11.3 Å². The van der Waals surface area contributed by atoms with Crippen molar-refractivity contribution in [2.75, 3.05) is 13.2 Å². The monoisotopic (exact) mass is 404 g/mol. The van der Waals surface area contributed by atoms with Crippen LogP contribution >= 0.6 is 11.3 Å². The molecule has 28 heavy (non-hydrogen) atoms. The Kier molecular flexibility index (Phi) is 6.57. The molecule has 1 aliphatic heterocycles. The molecular weight excluding hydrogens is 371 g/mol. The third-order valence-corrected chi connectivity index (χ3v) is 8.03. The number of ether oxygens (including phenoxy) is 2. The number of benzene rings is 1. The number of hydrogen-bond acceptors (Lipinski definition) is 3. The third kappa shape index (κ3) is 4.23. The van der Waals surface area contributed by atoms with Crippen LogP contribution < -0.4 is 4.74 Å². The second kappa shape index (κ2) is 9.13. The van der Waals surface area contributed by atoms with E-state index in [4.69, 9.17) is 9.47 Å². The Morgan fingerprint density at radius 3 is 2.54 bits per heavy atom. The normalized spacial score (nSPS) is 28.5. The molecule has 1 aliphatic carbocycles. The fourth-order valence-corrected chi connectivity index (χ4v) is 6.40. The van der Waals surface area contributed by atoms with Crippen LogP contribution in [0.4, 0.5) is 4.39 Å². The average Bonchev–Trinajstić information content (AvgIpc) is 3.17. The van der Waals surface area contributed by atoms with Crippen molar-refractivity contribution in [3.8, 4) is 5.75 Å². The van der Waals surface area contributed by atoms with Crippen molar-refractivity contribution in [3.05, 3.63) is 28.9 Å². The lowest BCUT2D eigenvalue weighted by Crippen LogP contribution is -2.29. The molecule has 0 bridgehead atoms. The standard InChI is InChI=1S/C24H33FO2S/c1-3-5-16-6-8-17(9-7-16)19-11-12-20(27-15-19)22-14-18-10-13-21(26-4-2)23(25)24(18)28-22/h10,13-14,16-17,19-20H,3-9,11-12,15H2,1-2H3. The SMILES string of the molecule is CCCC1CCC(C2CCC(c3cc4ccc(OCC)c(F)c4s3)OC2)CC1. The van der Waals surface area contributed by atoms with Crippen LogP contribution in [0.25, 0.3) is 10.1 Å². The van der Waals surface area contributed by atoms with Crippen molar-refractivity contribution in [2.45, 2.75) is 71.3 Å². The van der Waals surface area contributed by atoms with Gasteiger partial charge in [0, 0.05) is 4.88 Å². The van der Waals surface area contributed by atoms with Gasteiger partial charge in [-0.3, -0.25) is 0 Å². The number of fused-ring (bicyclic) bond motifs is 1. The number of hydrogen-bond donors (Lipinski definition) is 0. The fraction of sp³-hybridized carbons (Fsp3) is 0.667. The first-order valence-electron chi connectivity index (χ1n) is 11.2. The van der Waals surface area contributed by atoms with E-state index in [2.05, 4.69) is 13.0 Å². The largest absolute Gasteiger partial charge is 0.491 e. The van der Waals surface area contributed by atoms with Gasteiger partial charge in [0.15, 0.2) is 11.6 Å². The van der Waals surface area contributed by atoms with Gasteiger partial charge in [0.05, 0.1) is 24.0 Å². The molecule has 1 aromatic heterocycles. The second-order valence-electron chi connectivity index (χ2n) is 8.61. The van der Waals surface area contributed by atoms with Gasteiger partial charge >= 0.3 is 0 Å². The van der Waals surface area contributed by atoms with E-state index in [0.29, 0.717) is 17.1 Å². The molecule has 2 fully saturated rings. The van der Waals surface area contributed by atoms with Crippen molar-refractivity contribution in [2.24, 2.45) is 17.8 Å². The lowest BCUT2D eigenvalue weighted by molar-refractivity contribution is -0.0388. The van der Waals surface area contributed by atoms with Crippen molar-refractivity contribution in [1.29, 1.82) is 0 Å². The molecule has 2 heterocycles. The topological polar surface area (TPSA) is 18.5 Å². The lowest BCUT2D eigenvalue weighted by atomic mass is 9.73. The summed E-state index contributed by atoms with van der Waals surface area (Å²) in [5.74, 6) is 2.66. The van der Waals surface area contributed by atoms with E-state index in [-0.39, 0.29) is 11.9 Å². The van der Waals surface area contributed by atoms with Gasteiger partial charge < -0.3 is 9.47 Å². The molecule has 2 aliphatic rings. The minimum atomic E-state index is -0.229. The summed E-state index contributed by atoms with van der Waals surface area (Å²) >= 11 is 1.53. The molecule has 1 aromatic carbocycles. The van der Waals surface area contributed by atoms with Crippen molar-refractivity contribution in [1.82, 2.24) is 0 Å². The Morgan fingerprint density at radius 2 is 1.86 bits per heavy atom. The molecule has 0 amide bonds. The Hall–Kier alpha value is -1.13. The Labute approximate surface area is 172 Å². The predicted octanol–water partition coefficient (Wildman–Crippen LogP) is 7.51. The van der Waals surface area contributed by atoms with Crippen LogP contribution in [0.2, 0.25) is 0 Å². The zero-order valence-corrected chi connectivity index (χ0v) is 18.0. The van der Waals surface area contributed by atoms with Crippen LogP contribution in [0.3, 0.4) is 0 Å². The first-order valence-corrected chi connectivity index (χ1v) is 12.0. The van der Waals surface area contributed by atoms with E-state index in [1.54, 1.807) is 6.07 Å². The van der Waals surface area contributed by atoms with Gasteiger partial charge in [-0.05, 0) is 73.9 Å². The molecule has 2 nitrogen and oxygen atoms in total. The summed E-state index contributed by atoms with van der Waals surface area (Å²) in [5, 5.41) is 0.959. The highest BCUT2D eigenvalue weighted by Gasteiger charge is 2.32. The molecule has 2 unspecified atom stereocenters. The van der Waals surface area contributed by atoms with Gasteiger partial charge in [0.25, 0.3) is 0 Å². The molecule has 0 radical (unpaired) electrons. The first kappa shape index (κ1) is 20.2. The van der Waals surface area contributed by atoms with E-state index in [1.165, 1.54) is 56.3 Å². The number of halogens is 1. The highest BCUT2D eigenvalue weighted by atomic mass is 32.1. The smallest absolute Gasteiger partial charge is 0.182 e. The van der Waals surface area contributed by atoms with E-state index in [1.807, 2.05) is 13.0 Å². The Bertz CT molecular complexity index is 770. The highest BCUT2D eigenvalue weighted by Crippen LogP contribution is 2.44. The van der Waals surface area contributed by atoms with Gasteiger partial charge in [0.1, 0.15) is 0 Å². The van der Waals surface area contributed by atoms with Crippen molar-refractivity contribution in [3.63, 3.8) is 0 Å². The molecule has 2 aromatic rings. The van der Waals surface area contributed by atoms with E-state index in [0.717, 1.165) is 41.0 Å². The first-order chi connectivity index (χ1) is 13.7. The fourth-order valence-electron chi connectivity index (χ4n) is 5.22. The summed E-state index contributed by atoms with van der Waals surface area (Å²) in [6, 6.07) is 5.81. The average molecular weight is 405 g/mol. The highest BCUT2D eigenvalue weighted by molar-refractivity contribution is 7.19. The second-order valence-corrected chi connectivity index (χ2v) is 9.69. The van der Waals surface area contributed by atoms with Gasteiger partial charge in [0.2, 0.25) is 0 Å². The van der Waals surface area contributed by atoms with Crippen LogP contribution in [-0.4, -0.2) is 13.2 Å². The molecule has 4 heteroatoms. The molecule has 0 N–H and O–H groups in total. The quantitative estimate of drug-likeness (QED) is 0.496. The van der Waals surface area contributed by atoms with E-state index >= 15 is 0 Å². The molecule has 0 spiro atoms. The molecule has 1 saturated carbocycles. The molecule has 154 valence electrons. The van der Waals surface area contributed by atoms with Crippen LogP contribution in [0.5, 0.6) is 5.75 Å². The van der Waals surface area contributed by atoms with Crippen LogP contribution in [0.15, 0.2) is 18.2 Å². The Morgan fingerprint density at radius 1 is 1.07 bits per heavy atom. The van der Waals surface area contributed by atoms with E-state index < -0.39 is 0 Å². The minimum Gasteiger partial charge on any atom is -0.491 e. The minimum absolute atomic E-state index is 0.125. The van der Waals surface area contributed by atoms with Gasteiger partial charge in [-0.2, -0.15) is 0 Å². The van der Waals surface area contributed by atoms with Gasteiger partial charge in [-0.1, -0.05) is 32.6 Å². The Balaban J connectivity index is 1.37. The maximum absolute atomic E-state index is 14.7. The molecule has 1 saturated heterocycles. The molecular formula is C24H33FO2S. The van der Waals surface area contributed by atoms with Crippen molar-refractivity contribution >= 4 is 21.4 Å².